The SMILES string of the molecule is COc1ccc(Cl)nc1[C@@]1(C)C(=O)Nc2cc(C(F)(F)F)ccc21. The molecule has 1 amide bonds. The van der Waals surface area contributed by atoms with E-state index < -0.39 is 23.1 Å². The Morgan fingerprint density at radius 3 is 2.58 bits per heavy atom. The number of pyridine rings is 1. The van der Waals surface area contributed by atoms with Crippen LogP contribution in [0.2, 0.25) is 5.15 Å². The fourth-order valence-electron chi connectivity index (χ4n) is 2.81. The number of rotatable bonds is 2. The Labute approximate surface area is 140 Å². The highest BCUT2D eigenvalue weighted by atomic mass is 35.5. The molecule has 0 spiro atoms. The van der Waals surface area contributed by atoms with Gasteiger partial charge < -0.3 is 10.1 Å². The number of carbonyl (C=O) groups is 1. The molecule has 2 aromatic rings. The van der Waals surface area contributed by atoms with Crippen LogP contribution in [0.15, 0.2) is 30.3 Å². The maximum atomic E-state index is 12.9. The molecule has 2 heterocycles. The molecule has 24 heavy (non-hydrogen) atoms. The lowest BCUT2D eigenvalue weighted by atomic mass is 9.79. The lowest BCUT2D eigenvalue weighted by molar-refractivity contribution is -0.137. The molecule has 0 radical (unpaired) electrons. The van der Waals surface area contributed by atoms with Crippen molar-refractivity contribution in [1.29, 1.82) is 0 Å². The number of aromatic nitrogens is 1. The van der Waals surface area contributed by atoms with E-state index in [-0.39, 0.29) is 16.5 Å². The number of benzene rings is 1. The Morgan fingerprint density at radius 2 is 1.96 bits per heavy atom. The molecule has 1 N–H and O–H groups in total. The van der Waals surface area contributed by atoms with Crippen molar-refractivity contribution in [2.24, 2.45) is 0 Å². The summed E-state index contributed by atoms with van der Waals surface area (Å²) >= 11 is 5.93. The van der Waals surface area contributed by atoms with E-state index in [9.17, 15) is 18.0 Å². The quantitative estimate of drug-likeness (QED) is 0.827. The summed E-state index contributed by atoms with van der Waals surface area (Å²) in [5.74, 6) is -0.172. The number of anilines is 1. The normalized spacial score (nSPS) is 19.8. The molecule has 4 nitrogen and oxygen atoms in total. The third-order valence-corrected chi connectivity index (χ3v) is 4.32. The standard InChI is InChI=1S/C16H12ClF3N2O2/c1-15(13-11(24-2)5-6-12(17)22-13)9-4-3-8(16(18,19)20)7-10(9)21-14(15)23/h3-7H,1-2H3,(H,21,23)/t15-/m0/s1. The van der Waals surface area contributed by atoms with Gasteiger partial charge in [0.2, 0.25) is 5.91 Å². The highest BCUT2D eigenvalue weighted by Gasteiger charge is 2.48. The number of ether oxygens (including phenoxy) is 1. The summed E-state index contributed by atoms with van der Waals surface area (Å²) in [7, 11) is 1.41. The maximum Gasteiger partial charge on any atom is 0.416 e. The van der Waals surface area contributed by atoms with Gasteiger partial charge in [-0.05, 0) is 36.8 Å². The third-order valence-electron chi connectivity index (χ3n) is 4.11. The monoisotopic (exact) mass is 356 g/mol. The molecule has 0 saturated carbocycles. The predicted octanol–water partition coefficient (Wildman–Crippen LogP) is 4.02. The first kappa shape index (κ1) is 16.6. The minimum absolute atomic E-state index is 0.0983. The Hall–Kier alpha value is -2.28. The van der Waals surface area contributed by atoms with Crippen LogP contribution in [0.4, 0.5) is 18.9 Å². The molecule has 0 saturated heterocycles. The Balaban J connectivity index is 2.21. The van der Waals surface area contributed by atoms with E-state index in [1.54, 1.807) is 13.0 Å². The van der Waals surface area contributed by atoms with Gasteiger partial charge >= 0.3 is 6.18 Å². The van der Waals surface area contributed by atoms with Crippen LogP contribution in [0.1, 0.15) is 23.7 Å². The van der Waals surface area contributed by atoms with Crippen LogP contribution < -0.4 is 10.1 Å². The molecule has 0 bridgehead atoms. The summed E-state index contributed by atoms with van der Waals surface area (Å²) in [5.41, 5.74) is -1.42. The largest absolute Gasteiger partial charge is 0.495 e. The van der Waals surface area contributed by atoms with Gasteiger partial charge in [0.1, 0.15) is 22.0 Å². The minimum atomic E-state index is -4.50. The highest BCUT2D eigenvalue weighted by molar-refractivity contribution is 6.29. The smallest absolute Gasteiger partial charge is 0.416 e. The van der Waals surface area contributed by atoms with Gasteiger partial charge in [-0.2, -0.15) is 13.2 Å². The van der Waals surface area contributed by atoms with Crippen molar-refractivity contribution in [3.8, 4) is 5.75 Å². The van der Waals surface area contributed by atoms with E-state index in [1.165, 1.54) is 19.2 Å². The maximum absolute atomic E-state index is 12.9. The fraction of sp³-hybridized carbons (Fsp3) is 0.250. The molecule has 0 fully saturated rings. The number of fused-ring (bicyclic) bond motifs is 1. The highest BCUT2D eigenvalue weighted by Crippen LogP contribution is 2.46. The zero-order valence-electron chi connectivity index (χ0n) is 12.7. The number of nitrogens with one attached hydrogen (secondary N) is 1. The number of hydrogen-bond donors (Lipinski definition) is 1. The zero-order chi connectivity index (χ0) is 17.7. The average Bonchev–Trinajstić information content (AvgIpc) is 2.78. The van der Waals surface area contributed by atoms with Crippen molar-refractivity contribution < 1.29 is 22.7 Å². The van der Waals surface area contributed by atoms with E-state index >= 15 is 0 Å². The summed E-state index contributed by atoms with van der Waals surface area (Å²) in [5, 5.41) is 2.65. The Morgan fingerprint density at radius 1 is 1.25 bits per heavy atom. The first-order valence-corrected chi connectivity index (χ1v) is 7.30. The van der Waals surface area contributed by atoms with Crippen LogP contribution in [-0.4, -0.2) is 18.0 Å². The number of carbonyl (C=O) groups excluding carboxylic acids is 1. The molecular formula is C16H12ClF3N2O2. The molecular weight excluding hydrogens is 345 g/mol. The van der Waals surface area contributed by atoms with E-state index in [0.29, 0.717) is 11.3 Å². The Bertz CT molecular complexity index is 839. The van der Waals surface area contributed by atoms with Crippen LogP contribution >= 0.6 is 11.6 Å². The molecule has 1 aromatic carbocycles. The number of halogens is 4. The van der Waals surface area contributed by atoms with Gasteiger partial charge in [0, 0.05) is 5.69 Å². The molecule has 3 rings (SSSR count). The van der Waals surface area contributed by atoms with E-state index in [0.717, 1.165) is 12.1 Å². The van der Waals surface area contributed by atoms with Crippen molar-refractivity contribution in [1.82, 2.24) is 4.98 Å². The fourth-order valence-corrected chi connectivity index (χ4v) is 2.96. The third kappa shape index (κ3) is 2.39. The van der Waals surface area contributed by atoms with Gasteiger partial charge in [-0.25, -0.2) is 4.98 Å². The second-order valence-corrected chi connectivity index (χ2v) is 5.91. The summed E-state index contributed by atoms with van der Waals surface area (Å²) in [6.07, 6.45) is -4.50. The average molecular weight is 357 g/mol. The van der Waals surface area contributed by atoms with Gasteiger partial charge in [0.05, 0.1) is 12.7 Å². The van der Waals surface area contributed by atoms with Gasteiger partial charge in [0.15, 0.2) is 0 Å². The molecule has 1 aliphatic rings. The van der Waals surface area contributed by atoms with Crippen LogP contribution in [0.25, 0.3) is 0 Å². The van der Waals surface area contributed by atoms with Crippen LogP contribution in [-0.2, 0) is 16.4 Å². The van der Waals surface area contributed by atoms with Crippen LogP contribution in [0.3, 0.4) is 0 Å². The second-order valence-electron chi connectivity index (χ2n) is 5.52. The van der Waals surface area contributed by atoms with Crippen molar-refractivity contribution in [3.05, 3.63) is 52.3 Å². The molecule has 8 heteroatoms. The van der Waals surface area contributed by atoms with E-state index in [4.69, 9.17) is 16.3 Å². The lowest BCUT2D eigenvalue weighted by Crippen LogP contribution is -2.33. The van der Waals surface area contributed by atoms with E-state index in [1.807, 2.05) is 0 Å². The van der Waals surface area contributed by atoms with Gasteiger partial charge in [-0.3, -0.25) is 4.79 Å². The summed E-state index contributed by atoms with van der Waals surface area (Å²) in [6, 6.07) is 6.20. The first-order valence-electron chi connectivity index (χ1n) is 6.92. The number of methoxy groups -OCH3 is 1. The van der Waals surface area contributed by atoms with Crippen molar-refractivity contribution in [3.63, 3.8) is 0 Å². The molecule has 1 atom stereocenters. The molecule has 126 valence electrons. The summed E-state index contributed by atoms with van der Waals surface area (Å²) in [4.78, 5) is 16.7. The summed E-state index contributed by atoms with van der Waals surface area (Å²) < 4.78 is 43.9. The number of alkyl halides is 3. The van der Waals surface area contributed by atoms with Crippen molar-refractivity contribution >= 4 is 23.2 Å². The zero-order valence-corrected chi connectivity index (χ0v) is 13.4. The lowest BCUT2D eigenvalue weighted by Gasteiger charge is -2.24. The predicted molar refractivity (Wildman–Crippen MR) is 82.3 cm³/mol. The first-order chi connectivity index (χ1) is 11.2. The molecule has 0 unspecified atom stereocenters. The van der Waals surface area contributed by atoms with Crippen molar-refractivity contribution in [2.75, 3.05) is 12.4 Å². The van der Waals surface area contributed by atoms with Crippen molar-refractivity contribution in [2.45, 2.75) is 18.5 Å². The van der Waals surface area contributed by atoms with Gasteiger partial charge in [-0.15, -0.1) is 0 Å². The number of amides is 1. The Kier molecular flexibility index (Phi) is 3.71. The van der Waals surface area contributed by atoms with E-state index in [2.05, 4.69) is 10.3 Å². The van der Waals surface area contributed by atoms with Crippen LogP contribution in [0, 0.1) is 0 Å². The summed E-state index contributed by atoms with van der Waals surface area (Å²) in [6.45, 7) is 1.57. The number of nitrogens with zero attached hydrogens (tertiary/aromatic N) is 1. The van der Waals surface area contributed by atoms with Crippen LogP contribution in [0.5, 0.6) is 5.75 Å². The minimum Gasteiger partial charge on any atom is -0.495 e. The number of hydrogen-bond acceptors (Lipinski definition) is 3. The van der Waals surface area contributed by atoms with Gasteiger partial charge in [-0.1, -0.05) is 17.7 Å². The molecule has 1 aromatic heterocycles. The van der Waals surface area contributed by atoms with Gasteiger partial charge in [0.25, 0.3) is 0 Å². The molecule has 0 aliphatic carbocycles. The second kappa shape index (κ2) is 5.37. The molecule has 1 aliphatic heterocycles. The topological polar surface area (TPSA) is 51.2 Å².